The van der Waals surface area contributed by atoms with Crippen molar-refractivity contribution in [3.05, 3.63) is 426 Å². The highest BCUT2D eigenvalue weighted by molar-refractivity contribution is 6.31. The van der Waals surface area contributed by atoms with E-state index in [9.17, 15) is 0 Å². The first-order chi connectivity index (χ1) is 50.0. The number of para-hydroxylation sites is 6. The van der Waals surface area contributed by atoms with Crippen molar-refractivity contribution in [2.45, 2.75) is 27.7 Å². The Labute approximate surface area is 615 Å². The van der Waals surface area contributed by atoms with E-state index < -0.39 is 0 Å². The smallest absolute Gasteiger partial charge is 0.0490 e. The fourth-order valence-electron chi connectivity index (χ4n) is 12.8. The summed E-state index contributed by atoms with van der Waals surface area (Å²) in [6.45, 7) is 8.58. The minimum absolute atomic E-state index is 0.727. The van der Waals surface area contributed by atoms with Gasteiger partial charge in [0, 0.05) is 100 Å². The van der Waals surface area contributed by atoms with Crippen LogP contribution in [0.5, 0.6) is 0 Å². The monoisotopic (exact) mass is 1380 g/mol. The summed E-state index contributed by atoms with van der Waals surface area (Å²) in [5.41, 5.74) is 26.3. The minimum atomic E-state index is 0.727. The van der Waals surface area contributed by atoms with Crippen molar-refractivity contribution < 1.29 is 0 Å². The Balaban J connectivity index is 0.000000174. The summed E-state index contributed by atoms with van der Waals surface area (Å²) in [6, 6.07) is 135. The molecule has 0 amide bonds. The Morgan fingerprint density at radius 2 is 0.333 bits per heavy atom. The molecule has 15 aromatic carbocycles. The normalized spacial score (nSPS) is 10.7. The maximum atomic E-state index is 6.05. The van der Waals surface area contributed by atoms with Gasteiger partial charge < -0.3 is 24.5 Å². The maximum absolute atomic E-state index is 6.05. The van der Waals surface area contributed by atoms with Crippen LogP contribution in [0.15, 0.2) is 388 Å². The van der Waals surface area contributed by atoms with Gasteiger partial charge in [-0.15, -0.1) is 0 Å². The van der Waals surface area contributed by atoms with Crippen LogP contribution in [0.25, 0.3) is 22.3 Å². The zero-order valence-corrected chi connectivity index (χ0v) is 59.6. The summed E-state index contributed by atoms with van der Waals surface area (Å²) < 4.78 is 0. The van der Waals surface area contributed by atoms with Gasteiger partial charge in [-0.2, -0.15) is 0 Å². The molecule has 0 aliphatic heterocycles. The molecule has 0 heterocycles. The number of hydrogen-bond acceptors (Lipinski definition) is 5. The molecule has 102 heavy (non-hydrogen) atoms. The molecule has 0 saturated carbocycles. The van der Waals surface area contributed by atoms with Crippen molar-refractivity contribution in [3.63, 3.8) is 0 Å². The van der Waals surface area contributed by atoms with Crippen LogP contribution < -0.4 is 24.5 Å². The molecule has 5 nitrogen and oxygen atoms in total. The van der Waals surface area contributed by atoms with Crippen molar-refractivity contribution in [2.24, 2.45) is 0 Å². The lowest BCUT2D eigenvalue weighted by molar-refractivity contribution is 1.24. The predicted octanol–water partition coefficient (Wildman–Crippen LogP) is 28.9. The van der Waals surface area contributed by atoms with Gasteiger partial charge in [-0.3, -0.25) is 0 Å². The lowest BCUT2D eigenvalue weighted by Crippen LogP contribution is -2.11. The molecule has 0 aliphatic carbocycles. The first kappa shape index (κ1) is 68.7. The van der Waals surface area contributed by atoms with Crippen molar-refractivity contribution in [2.75, 3.05) is 24.5 Å². The summed E-state index contributed by atoms with van der Waals surface area (Å²) in [6.07, 6.45) is 0. The molecule has 0 N–H and O–H groups in total. The van der Waals surface area contributed by atoms with Gasteiger partial charge in [0.2, 0.25) is 0 Å². The molecule has 0 saturated heterocycles. The second-order valence-electron chi connectivity index (χ2n) is 24.9. The van der Waals surface area contributed by atoms with E-state index in [1.165, 1.54) is 44.5 Å². The van der Waals surface area contributed by atoms with E-state index in [4.69, 9.17) is 34.8 Å². The predicted molar refractivity (Wildman–Crippen MR) is 438 cm³/mol. The lowest BCUT2D eigenvalue weighted by Gasteiger charge is -2.28. The van der Waals surface area contributed by atoms with Crippen LogP contribution in [-0.4, -0.2) is 0 Å². The third-order valence-corrected chi connectivity index (χ3v) is 18.5. The zero-order chi connectivity index (χ0) is 70.2. The molecule has 0 radical (unpaired) electrons. The van der Waals surface area contributed by atoms with Crippen LogP contribution in [0, 0.1) is 27.7 Å². The topological polar surface area (TPSA) is 16.2 Å². The molecule has 498 valence electrons. The van der Waals surface area contributed by atoms with Crippen LogP contribution in [0.4, 0.5) is 85.3 Å². The van der Waals surface area contributed by atoms with Crippen LogP contribution in [0.1, 0.15) is 22.3 Å². The van der Waals surface area contributed by atoms with Gasteiger partial charge in [0.1, 0.15) is 0 Å². The number of hydrogen-bond donors (Lipinski definition) is 0. The van der Waals surface area contributed by atoms with E-state index in [2.05, 4.69) is 331 Å². The van der Waals surface area contributed by atoms with E-state index in [1.807, 2.05) is 109 Å². The summed E-state index contributed by atoms with van der Waals surface area (Å²) >= 11 is 18.1. The highest BCUT2D eigenvalue weighted by Gasteiger charge is 2.20. The lowest BCUT2D eigenvalue weighted by atomic mass is 10.0. The first-order valence-electron chi connectivity index (χ1n) is 34.1. The molecule has 15 aromatic rings. The Kier molecular flexibility index (Phi) is 22.1. The number of anilines is 15. The van der Waals surface area contributed by atoms with E-state index in [0.717, 1.165) is 100 Å². The van der Waals surface area contributed by atoms with Gasteiger partial charge in [-0.25, -0.2) is 0 Å². The highest BCUT2D eigenvalue weighted by Crippen LogP contribution is 2.43. The van der Waals surface area contributed by atoms with Crippen molar-refractivity contribution in [3.8, 4) is 22.3 Å². The highest BCUT2D eigenvalue weighted by atomic mass is 35.5. The number of aryl methyl sites for hydroxylation is 4. The van der Waals surface area contributed by atoms with E-state index >= 15 is 0 Å². The quantitative estimate of drug-likeness (QED) is 0.0900. The van der Waals surface area contributed by atoms with Crippen LogP contribution in [0.2, 0.25) is 15.1 Å². The van der Waals surface area contributed by atoms with E-state index in [0.29, 0.717) is 0 Å². The van der Waals surface area contributed by atoms with E-state index in [-0.39, 0.29) is 0 Å². The van der Waals surface area contributed by atoms with Crippen LogP contribution >= 0.6 is 34.8 Å². The average Bonchev–Trinajstić information content (AvgIpc) is 0.826. The molecule has 15 rings (SSSR count). The molecule has 0 spiro atoms. The Hall–Kier alpha value is -11.8. The SMILES string of the molecule is Cc1ccc(N(c2ccc(-c3ccc(N(c4ccccc4)c4ccccc4)cc3)cc2)c2ccc(-c3ccc(N(c4ccccc4)c4ccccc4)cc3)cc2)c(C)c1.Cc1ccc(N(c2ccc(Cl)cc2)c2ccc(Cl)cc2)c(C)c1.Clc1ccc(N(c2ccccc2)c2ccccc2)cc1. The molecule has 0 aliphatic rings. The Morgan fingerprint density at radius 1 is 0.167 bits per heavy atom. The third kappa shape index (κ3) is 16.7. The molecule has 0 aromatic heterocycles. The first-order valence-corrected chi connectivity index (χ1v) is 35.2. The van der Waals surface area contributed by atoms with Crippen LogP contribution in [0.3, 0.4) is 0 Å². The minimum Gasteiger partial charge on any atom is -0.311 e. The number of halogens is 3. The number of nitrogens with zero attached hydrogens (tertiary/aromatic N) is 5. The van der Waals surface area contributed by atoms with Crippen molar-refractivity contribution in [1.82, 2.24) is 0 Å². The number of rotatable bonds is 17. The van der Waals surface area contributed by atoms with Gasteiger partial charge in [0.05, 0.1) is 0 Å². The molecule has 0 atom stereocenters. The third-order valence-electron chi connectivity index (χ3n) is 17.7. The van der Waals surface area contributed by atoms with E-state index in [1.54, 1.807) is 0 Å². The summed E-state index contributed by atoms with van der Waals surface area (Å²) in [5, 5.41) is 2.20. The summed E-state index contributed by atoms with van der Waals surface area (Å²) in [5.74, 6) is 0. The van der Waals surface area contributed by atoms with Crippen molar-refractivity contribution >= 4 is 120 Å². The van der Waals surface area contributed by atoms with Crippen LogP contribution in [-0.2, 0) is 0 Å². The fourth-order valence-corrected chi connectivity index (χ4v) is 13.1. The van der Waals surface area contributed by atoms with Gasteiger partial charge in [0.15, 0.2) is 0 Å². The van der Waals surface area contributed by atoms with Gasteiger partial charge in [-0.05, 0) is 267 Å². The Morgan fingerprint density at radius 3 is 0.520 bits per heavy atom. The molecule has 0 bridgehead atoms. The number of benzene rings is 15. The van der Waals surface area contributed by atoms with Gasteiger partial charge in [0.25, 0.3) is 0 Å². The second-order valence-corrected chi connectivity index (χ2v) is 26.2. The molecular formula is C94H76Cl3N5. The van der Waals surface area contributed by atoms with Crippen molar-refractivity contribution in [1.29, 1.82) is 0 Å². The maximum Gasteiger partial charge on any atom is 0.0490 e. The zero-order valence-electron chi connectivity index (χ0n) is 57.3. The average molecular weight is 1380 g/mol. The molecule has 0 fully saturated rings. The molecule has 0 unspecified atom stereocenters. The second kappa shape index (κ2) is 32.9. The molecule has 8 heteroatoms. The standard InChI is InChI=1S/C56H45N3.C20H17Cl2N.C18H14ClN/c1-42-23-40-56(43(2)41-42)59(54-36-28-46(29-37-54)44-24-32-52(33-25-44)57(48-15-7-3-8-16-48)49-17-9-4-10-18-49)55-38-30-47(31-39-55)45-26-34-53(35-27-45)58(50-19-11-5-12-20-50)51-21-13-6-14-22-51;1-14-3-12-20(15(2)13-14)23(18-8-4-16(21)5-9-18)19-10-6-17(22)7-11-19;19-15-11-13-18(14-12-15)20(16-7-3-1-4-8-16)17-9-5-2-6-10-17/h3-41H,1-2H3;3-13H,1-2H3;1-14H. The fraction of sp³-hybridized carbons (Fsp3) is 0.0426. The summed E-state index contributed by atoms with van der Waals surface area (Å²) in [4.78, 5) is 11.4. The van der Waals surface area contributed by atoms with Gasteiger partial charge >= 0.3 is 0 Å². The molecular weight excluding hydrogens is 1310 g/mol. The Bertz CT molecular complexity index is 4780. The largest absolute Gasteiger partial charge is 0.311 e. The van der Waals surface area contributed by atoms with Gasteiger partial charge in [-0.1, -0.05) is 228 Å². The summed E-state index contributed by atoms with van der Waals surface area (Å²) in [7, 11) is 0.